The smallest absolute Gasteiger partial charge is 0.335 e. The van der Waals surface area contributed by atoms with Crippen molar-refractivity contribution in [3.05, 3.63) is 65.6 Å². The van der Waals surface area contributed by atoms with Gasteiger partial charge >= 0.3 is 5.97 Å². The topological polar surface area (TPSA) is 66.6 Å². The van der Waals surface area contributed by atoms with E-state index in [2.05, 4.69) is 10.3 Å². The fourth-order valence-electron chi connectivity index (χ4n) is 2.33. The zero-order valence-corrected chi connectivity index (χ0v) is 11.6. The van der Waals surface area contributed by atoms with Crippen molar-refractivity contribution in [2.75, 3.05) is 5.32 Å². The van der Waals surface area contributed by atoms with E-state index in [4.69, 9.17) is 5.11 Å². The standard InChI is InChI=1S/C16H15N3O2/c1-11-14(19-8-3-2-7-15(19)18-11)10-17-13-6-4-5-12(9-13)16(20)21/h2-9,17H,10H2,1H3,(H,20,21). The number of carboxylic acid groups (broad SMARTS) is 1. The van der Waals surface area contributed by atoms with Crippen molar-refractivity contribution in [2.24, 2.45) is 0 Å². The summed E-state index contributed by atoms with van der Waals surface area (Å²) in [5.74, 6) is -0.926. The second-order valence-electron chi connectivity index (χ2n) is 4.81. The first kappa shape index (κ1) is 13.2. The molecular formula is C16H15N3O2. The number of aromatic carboxylic acids is 1. The van der Waals surface area contributed by atoms with Gasteiger partial charge in [-0.25, -0.2) is 9.78 Å². The maximum Gasteiger partial charge on any atom is 0.335 e. The number of nitrogens with one attached hydrogen (secondary N) is 1. The molecular weight excluding hydrogens is 266 g/mol. The van der Waals surface area contributed by atoms with Gasteiger partial charge < -0.3 is 14.8 Å². The van der Waals surface area contributed by atoms with Crippen LogP contribution in [-0.4, -0.2) is 20.5 Å². The molecule has 0 aliphatic carbocycles. The lowest BCUT2D eigenvalue weighted by molar-refractivity contribution is 0.0697. The number of imidazole rings is 1. The highest BCUT2D eigenvalue weighted by molar-refractivity contribution is 5.88. The number of hydrogen-bond donors (Lipinski definition) is 2. The highest BCUT2D eigenvalue weighted by atomic mass is 16.4. The zero-order valence-electron chi connectivity index (χ0n) is 11.6. The number of fused-ring (bicyclic) bond motifs is 1. The number of benzene rings is 1. The van der Waals surface area contributed by atoms with Crippen molar-refractivity contribution < 1.29 is 9.90 Å². The number of pyridine rings is 1. The summed E-state index contributed by atoms with van der Waals surface area (Å²) in [5.41, 5.74) is 3.98. The van der Waals surface area contributed by atoms with Crippen LogP contribution in [-0.2, 0) is 6.54 Å². The lowest BCUT2D eigenvalue weighted by Gasteiger charge is -2.08. The molecule has 0 unspecified atom stereocenters. The molecule has 5 nitrogen and oxygen atoms in total. The minimum Gasteiger partial charge on any atom is -0.478 e. The van der Waals surface area contributed by atoms with Crippen LogP contribution in [0, 0.1) is 6.92 Å². The number of carbonyl (C=O) groups is 1. The summed E-state index contributed by atoms with van der Waals surface area (Å²) in [6.07, 6.45) is 1.97. The van der Waals surface area contributed by atoms with Crippen molar-refractivity contribution in [1.29, 1.82) is 0 Å². The molecule has 0 amide bonds. The fraction of sp³-hybridized carbons (Fsp3) is 0.125. The van der Waals surface area contributed by atoms with Gasteiger partial charge in [0.25, 0.3) is 0 Å². The van der Waals surface area contributed by atoms with E-state index in [1.807, 2.05) is 41.8 Å². The van der Waals surface area contributed by atoms with Crippen LogP contribution in [0.15, 0.2) is 48.7 Å². The van der Waals surface area contributed by atoms with Crippen molar-refractivity contribution in [1.82, 2.24) is 9.38 Å². The van der Waals surface area contributed by atoms with E-state index in [0.29, 0.717) is 6.54 Å². The molecule has 0 fully saturated rings. The van der Waals surface area contributed by atoms with Gasteiger partial charge in [0.1, 0.15) is 5.65 Å². The Balaban J connectivity index is 1.85. The summed E-state index contributed by atoms with van der Waals surface area (Å²) in [5, 5.41) is 12.3. The van der Waals surface area contributed by atoms with Crippen molar-refractivity contribution in [2.45, 2.75) is 13.5 Å². The van der Waals surface area contributed by atoms with E-state index in [0.717, 1.165) is 22.7 Å². The quantitative estimate of drug-likeness (QED) is 0.771. The van der Waals surface area contributed by atoms with E-state index < -0.39 is 5.97 Å². The van der Waals surface area contributed by atoms with Crippen LogP contribution < -0.4 is 5.32 Å². The number of rotatable bonds is 4. The minimum absolute atomic E-state index is 0.273. The van der Waals surface area contributed by atoms with Gasteiger partial charge in [-0.05, 0) is 37.3 Å². The Bertz CT molecular complexity index is 808. The van der Waals surface area contributed by atoms with Crippen LogP contribution >= 0.6 is 0 Å². The molecule has 0 atom stereocenters. The van der Waals surface area contributed by atoms with Gasteiger partial charge in [-0.3, -0.25) is 0 Å². The van der Waals surface area contributed by atoms with Crippen LogP contribution in [0.2, 0.25) is 0 Å². The number of nitrogens with zero attached hydrogens (tertiary/aromatic N) is 2. The Morgan fingerprint density at radius 2 is 2.14 bits per heavy atom. The Morgan fingerprint density at radius 1 is 1.29 bits per heavy atom. The molecule has 0 saturated carbocycles. The van der Waals surface area contributed by atoms with Gasteiger partial charge in [-0.15, -0.1) is 0 Å². The molecule has 1 aromatic carbocycles. The summed E-state index contributed by atoms with van der Waals surface area (Å²) in [7, 11) is 0. The molecule has 21 heavy (non-hydrogen) atoms. The number of aromatic nitrogens is 2. The third-order valence-corrected chi connectivity index (χ3v) is 3.40. The predicted octanol–water partition coefficient (Wildman–Crippen LogP) is 2.95. The SMILES string of the molecule is Cc1nc2ccccn2c1CNc1cccc(C(=O)O)c1. The lowest BCUT2D eigenvalue weighted by Crippen LogP contribution is -2.05. The van der Waals surface area contributed by atoms with Crippen molar-refractivity contribution in [3.63, 3.8) is 0 Å². The molecule has 0 spiro atoms. The maximum absolute atomic E-state index is 11.0. The third-order valence-electron chi connectivity index (χ3n) is 3.40. The van der Waals surface area contributed by atoms with Gasteiger partial charge in [0, 0.05) is 11.9 Å². The van der Waals surface area contributed by atoms with Crippen LogP contribution in [0.3, 0.4) is 0 Å². The number of anilines is 1. The first-order valence-electron chi connectivity index (χ1n) is 6.65. The lowest BCUT2D eigenvalue weighted by atomic mass is 10.2. The van der Waals surface area contributed by atoms with Gasteiger partial charge in [-0.2, -0.15) is 0 Å². The summed E-state index contributed by atoms with van der Waals surface area (Å²) < 4.78 is 2.03. The third kappa shape index (κ3) is 2.58. The summed E-state index contributed by atoms with van der Waals surface area (Å²) in [6, 6.07) is 12.7. The average molecular weight is 281 g/mol. The Morgan fingerprint density at radius 3 is 2.95 bits per heavy atom. The second kappa shape index (κ2) is 5.28. The van der Waals surface area contributed by atoms with Crippen LogP contribution in [0.1, 0.15) is 21.7 Å². The molecule has 0 saturated heterocycles. The fourth-order valence-corrected chi connectivity index (χ4v) is 2.33. The van der Waals surface area contributed by atoms with E-state index >= 15 is 0 Å². The summed E-state index contributed by atoms with van der Waals surface area (Å²) >= 11 is 0. The first-order valence-corrected chi connectivity index (χ1v) is 6.65. The van der Waals surface area contributed by atoms with Crippen LogP contribution in [0.5, 0.6) is 0 Å². The Kier molecular flexibility index (Phi) is 3.31. The van der Waals surface area contributed by atoms with Crippen molar-refractivity contribution >= 4 is 17.3 Å². The highest BCUT2D eigenvalue weighted by Gasteiger charge is 2.08. The maximum atomic E-state index is 11.0. The van der Waals surface area contributed by atoms with Gasteiger partial charge in [0.05, 0.1) is 23.5 Å². The molecule has 0 bridgehead atoms. The molecule has 106 valence electrons. The molecule has 3 aromatic rings. The minimum atomic E-state index is -0.926. The van der Waals surface area contributed by atoms with Crippen LogP contribution in [0.4, 0.5) is 5.69 Å². The monoisotopic (exact) mass is 281 g/mol. The number of aryl methyl sites for hydroxylation is 1. The molecule has 0 radical (unpaired) electrons. The van der Waals surface area contributed by atoms with E-state index in [1.165, 1.54) is 0 Å². The Hall–Kier alpha value is -2.82. The normalized spacial score (nSPS) is 10.7. The van der Waals surface area contributed by atoms with E-state index in [9.17, 15) is 4.79 Å². The summed E-state index contributed by atoms with van der Waals surface area (Å²) in [4.78, 5) is 15.5. The average Bonchev–Trinajstić information content (AvgIpc) is 2.81. The predicted molar refractivity (Wildman–Crippen MR) is 80.7 cm³/mol. The Labute approximate surface area is 121 Å². The van der Waals surface area contributed by atoms with E-state index in [1.54, 1.807) is 18.2 Å². The first-order chi connectivity index (χ1) is 10.1. The zero-order chi connectivity index (χ0) is 14.8. The van der Waals surface area contributed by atoms with Gasteiger partial charge in [0.2, 0.25) is 0 Å². The highest BCUT2D eigenvalue weighted by Crippen LogP contribution is 2.15. The second-order valence-corrected chi connectivity index (χ2v) is 4.81. The molecule has 2 N–H and O–H groups in total. The number of carboxylic acids is 1. The largest absolute Gasteiger partial charge is 0.478 e. The number of hydrogen-bond acceptors (Lipinski definition) is 3. The van der Waals surface area contributed by atoms with Crippen molar-refractivity contribution in [3.8, 4) is 0 Å². The molecule has 2 aromatic heterocycles. The van der Waals surface area contributed by atoms with Gasteiger partial charge in [0.15, 0.2) is 0 Å². The molecule has 2 heterocycles. The van der Waals surface area contributed by atoms with Crippen LogP contribution in [0.25, 0.3) is 5.65 Å². The molecule has 5 heteroatoms. The summed E-state index contributed by atoms with van der Waals surface area (Å²) in [6.45, 7) is 2.55. The van der Waals surface area contributed by atoms with E-state index in [-0.39, 0.29) is 5.56 Å². The molecule has 0 aliphatic heterocycles. The molecule has 0 aliphatic rings. The molecule has 3 rings (SSSR count). The van der Waals surface area contributed by atoms with Gasteiger partial charge in [-0.1, -0.05) is 12.1 Å².